The number of carbonyl (C=O) groups is 1. The van der Waals surface area contributed by atoms with Gasteiger partial charge in [-0.2, -0.15) is 0 Å². The summed E-state index contributed by atoms with van der Waals surface area (Å²) in [6.07, 6.45) is 0.151. The van der Waals surface area contributed by atoms with E-state index in [2.05, 4.69) is 0 Å². The minimum atomic E-state index is -0.360. The first kappa shape index (κ1) is 10.7. The van der Waals surface area contributed by atoms with E-state index >= 15 is 0 Å². The molecule has 4 heteroatoms. The standard InChI is InChI=1S/C10H12FNO2/c1-12(2)14-10(13)7-8-3-5-9(11)6-4-8/h3-6H,7H2,1-2H3. The van der Waals surface area contributed by atoms with Gasteiger partial charge >= 0.3 is 5.97 Å². The summed E-state index contributed by atoms with van der Waals surface area (Å²) in [7, 11) is 3.26. The largest absolute Gasteiger partial charge is 0.368 e. The Morgan fingerprint density at radius 1 is 1.36 bits per heavy atom. The molecular formula is C10H12FNO2. The van der Waals surface area contributed by atoms with Crippen molar-refractivity contribution in [3.05, 3.63) is 35.6 Å². The molecule has 3 nitrogen and oxygen atoms in total. The highest BCUT2D eigenvalue weighted by Crippen LogP contribution is 2.04. The van der Waals surface area contributed by atoms with Crippen molar-refractivity contribution in [1.82, 2.24) is 5.06 Å². The Balaban J connectivity index is 2.52. The van der Waals surface area contributed by atoms with Crippen molar-refractivity contribution < 1.29 is 14.0 Å². The molecule has 1 aromatic rings. The lowest BCUT2D eigenvalue weighted by Gasteiger charge is -2.09. The molecule has 14 heavy (non-hydrogen) atoms. The van der Waals surface area contributed by atoms with E-state index in [1.165, 1.54) is 17.2 Å². The third-order valence-corrected chi connectivity index (χ3v) is 1.55. The highest BCUT2D eigenvalue weighted by Gasteiger charge is 2.05. The van der Waals surface area contributed by atoms with Crippen LogP contribution in [0, 0.1) is 5.82 Å². The fraction of sp³-hybridized carbons (Fsp3) is 0.300. The highest BCUT2D eigenvalue weighted by molar-refractivity contribution is 5.72. The van der Waals surface area contributed by atoms with Crippen LogP contribution in [0.3, 0.4) is 0 Å². The van der Waals surface area contributed by atoms with E-state index in [4.69, 9.17) is 4.84 Å². The Labute approximate surface area is 82.0 Å². The van der Waals surface area contributed by atoms with E-state index in [-0.39, 0.29) is 18.2 Å². The van der Waals surface area contributed by atoms with Crippen molar-refractivity contribution in [2.45, 2.75) is 6.42 Å². The number of hydrogen-bond donors (Lipinski definition) is 0. The Kier molecular flexibility index (Phi) is 3.59. The lowest BCUT2D eigenvalue weighted by molar-refractivity contribution is -0.177. The van der Waals surface area contributed by atoms with Gasteiger partial charge in [0, 0.05) is 14.1 Å². The maximum Gasteiger partial charge on any atom is 0.329 e. The number of hydrogen-bond acceptors (Lipinski definition) is 3. The zero-order chi connectivity index (χ0) is 10.6. The lowest BCUT2D eigenvalue weighted by Crippen LogP contribution is -2.19. The summed E-state index contributed by atoms with van der Waals surface area (Å²) in [5.41, 5.74) is 0.734. The van der Waals surface area contributed by atoms with Crippen LogP contribution in [-0.2, 0) is 16.1 Å². The van der Waals surface area contributed by atoms with Gasteiger partial charge in [-0.1, -0.05) is 12.1 Å². The van der Waals surface area contributed by atoms with Crippen molar-refractivity contribution in [2.24, 2.45) is 0 Å². The summed E-state index contributed by atoms with van der Waals surface area (Å²) < 4.78 is 12.5. The minimum Gasteiger partial charge on any atom is -0.368 e. The minimum absolute atomic E-state index is 0.151. The second-order valence-corrected chi connectivity index (χ2v) is 3.08. The van der Waals surface area contributed by atoms with Crippen LogP contribution in [0.25, 0.3) is 0 Å². The quantitative estimate of drug-likeness (QED) is 0.686. The first-order chi connectivity index (χ1) is 6.58. The molecule has 0 aliphatic carbocycles. The van der Waals surface area contributed by atoms with Crippen LogP contribution >= 0.6 is 0 Å². The van der Waals surface area contributed by atoms with Gasteiger partial charge in [0.15, 0.2) is 0 Å². The number of carbonyl (C=O) groups excluding carboxylic acids is 1. The van der Waals surface area contributed by atoms with E-state index in [1.54, 1.807) is 26.2 Å². The second kappa shape index (κ2) is 4.72. The van der Waals surface area contributed by atoms with E-state index in [1.807, 2.05) is 0 Å². The normalized spacial score (nSPS) is 10.3. The van der Waals surface area contributed by atoms with Crippen LogP contribution in [-0.4, -0.2) is 25.1 Å². The summed E-state index contributed by atoms with van der Waals surface area (Å²) >= 11 is 0. The number of halogens is 1. The van der Waals surface area contributed by atoms with Crippen LogP contribution in [0.1, 0.15) is 5.56 Å². The average Bonchev–Trinajstić information content (AvgIpc) is 2.07. The summed E-state index contributed by atoms with van der Waals surface area (Å²) in [6.45, 7) is 0. The zero-order valence-electron chi connectivity index (χ0n) is 8.16. The first-order valence-corrected chi connectivity index (χ1v) is 4.20. The SMILES string of the molecule is CN(C)OC(=O)Cc1ccc(F)cc1. The molecule has 0 radical (unpaired) electrons. The van der Waals surface area contributed by atoms with Gasteiger partial charge in [0.05, 0.1) is 6.42 Å². The third kappa shape index (κ3) is 3.53. The molecule has 1 aromatic carbocycles. The van der Waals surface area contributed by atoms with Gasteiger partial charge in [-0.25, -0.2) is 9.18 Å². The van der Waals surface area contributed by atoms with Gasteiger partial charge in [0.25, 0.3) is 0 Å². The number of rotatable bonds is 3. The number of hydroxylamine groups is 2. The summed E-state index contributed by atoms with van der Waals surface area (Å²) in [5, 5.41) is 1.33. The topological polar surface area (TPSA) is 29.5 Å². The Hall–Kier alpha value is -1.42. The van der Waals surface area contributed by atoms with Gasteiger partial charge in [-0.15, -0.1) is 5.06 Å². The van der Waals surface area contributed by atoms with E-state index < -0.39 is 0 Å². The maximum atomic E-state index is 12.5. The molecule has 0 aliphatic heterocycles. The Morgan fingerprint density at radius 3 is 2.43 bits per heavy atom. The Bertz CT molecular complexity index is 308. The smallest absolute Gasteiger partial charge is 0.329 e. The van der Waals surface area contributed by atoms with E-state index in [9.17, 15) is 9.18 Å². The van der Waals surface area contributed by atoms with Crippen molar-refractivity contribution >= 4 is 5.97 Å². The molecule has 0 heterocycles. The number of benzene rings is 1. The average molecular weight is 197 g/mol. The van der Waals surface area contributed by atoms with Crippen LogP contribution in [0.15, 0.2) is 24.3 Å². The van der Waals surface area contributed by atoms with E-state index in [0.29, 0.717) is 0 Å². The van der Waals surface area contributed by atoms with Crippen molar-refractivity contribution in [3.8, 4) is 0 Å². The molecule has 0 fully saturated rings. The monoisotopic (exact) mass is 197 g/mol. The molecule has 0 N–H and O–H groups in total. The molecule has 0 saturated heterocycles. The van der Waals surface area contributed by atoms with Gasteiger partial charge < -0.3 is 4.84 Å². The third-order valence-electron chi connectivity index (χ3n) is 1.55. The number of nitrogens with zero attached hydrogens (tertiary/aromatic N) is 1. The molecule has 0 bridgehead atoms. The summed E-state index contributed by atoms with van der Waals surface area (Å²) in [5.74, 6) is -0.670. The highest BCUT2D eigenvalue weighted by atomic mass is 19.1. The maximum absolute atomic E-state index is 12.5. The lowest BCUT2D eigenvalue weighted by atomic mass is 10.1. The van der Waals surface area contributed by atoms with Crippen molar-refractivity contribution in [3.63, 3.8) is 0 Å². The van der Waals surface area contributed by atoms with Crippen LogP contribution < -0.4 is 0 Å². The molecule has 0 atom stereocenters. The molecule has 0 aliphatic rings. The molecule has 0 unspecified atom stereocenters. The van der Waals surface area contributed by atoms with Crippen LogP contribution in [0.4, 0.5) is 4.39 Å². The van der Waals surface area contributed by atoms with Crippen LogP contribution in [0.5, 0.6) is 0 Å². The fourth-order valence-electron chi connectivity index (χ4n) is 1.00. The molecule has 76 valence electrons. The van der Waals surface area contributed by atoms with Gasteiger partial charge in [0.1, 0.15) is 5.82 Å². The van der Waals surface area contributed by atoms with Crippen molar-refractivity contribution in [2.75, 3.05) is 14.1 Å². The predicted octanol–water partition coefficient (Wildman–Crippen LogP) is 1.39. The van der Waals surface area contributed by atoms with Gasteiger partial charge in [0.2, 0.25) is 0 Å². The first-order valence-electron chi connectivity index (χ1n) is 4.20. The van der Waals surface area contributed by atoms with Gasteiger partial charge in [-0.3, -0.25) is 0 Å². The predicted molar refractivity (Wildman–Crippen MR) is 49.9 cm³/mol. The molecule has 0 aromatic heterocycles. The molecule has 0 amide bonds. The molecule has 0 saturated carbocycles. The van der Waals surface area contributed by atoms with Crippen LogP contribution in [0.2, 0.25) is 0 Å². The molecular weight excluding hydrogens is 185 g/mol. The van der Waals surface area contributed by atoms with E-state index in [0.717, 1.165) is 5.56 Å². The molecule has 0 spiro atoms. The zero-order valence-corrected chi connectivity index (χ0v) is 8.16. The Morgan fingerprint density at radius 2 is 1.93 bits per heavy atom. The molecule has 1 rings (SSSR count). The summed E-state index contributed by atoms with van der Waals surface area (Å²) in [6, 6.07) is 5.76. The summed E-state index contributed by atoms with van der Waals surface area (Å²) in [4.78, 5) is 15.9. The van der Waals surface area contributed by atoms with Crippen molar-refractivity contribution in [1.29, 1.82) is 0 Å². The second-order valence-electron chi connectivity index (χ2n) is 3.08. The fourth-order valence-corrected chi connectivity index (χ4v) is 1.00. The van der Waals surface area contributed by atoms with Gasteiger partial charge in [-0.05, 0) is 17.7 Å².